The Morgan fingerprint density at radius 3 is 2.35 bits per heavy atom. The van der Waals surface area contributed by atoms with E-state index in [4.69, 9.17) is 0 Å². The normalized spacial score (nSPS) is 28.2. The molecule has 0 aromatic heterocycles. The lowest BCUT2D eigenvalue weighted by molar-refractivity contribution is 0.167. The predicted octanol–water partition coefficient (Wildman–Crippen LogP) is 3.13. The van der Waals surface area contributed by atoms with Crippen LogP contribution in [0.15, 0.2) is 0 Å². The van der Waals surface area contributed by atoms with Gasteiger partial charge in [-0.1, -0.05) is 27.7 Å². The van der Waals surface area contributed by atoms with Crippen molar-refractivity contribution in [2.75, 3.05) is 20.6 Å². The fraction of sp³-hybridized carbons (Fsp3) is 1.00. The van der Waals surface area contributed by atoms with Gasteiger partial charge in [-0.25, -0.2) is 0 Å². The Bertz CT molecular complexity index is 221. The Balaban J connectivity index is 2.57. The molecule has 1 rings (SSSR count). The van der Waals surface area contributed by atoms with Gasteiger partial charge in [-0.3, -0.25) is 0 Å². The van der Waals surface area contributed by atoms with Crippen LogP contribution in [0.1, 0.15) is 53.4 Å². The van der Waals surface area contributed by atoms with E-state index in [-0.39, 0.29) is 0 Å². The van der Waals surface area contributed by atoms with Crippen LogP contribution in [0.3, 0.4) is 0 Å². The number of nitrogens with zero attached hydrogens (tertiary/aromatic N) is 1. The molecule has 2 unspecified atom stereocenters. The molecule has 0 aromatic carbocycles. The molecule has 0 radical (unpaired) electrons. The molecule has 0 saturated heterocycles. The summed E-state index contributed by atoms with van der Waals surface area (Å²) in [4.78, 5) is 2.58. The topological polar surface area (TPSA) is 15.3 Å². The summed E-state index contributed by atoms with van der Waals surface area (Å²) in [6.07, 6.45) is 5.28. The van der Waals surface area contributed by atoms with Gasteiger partial charge in [0, 0.05) is 18.6 Å². The molecule has 1 fully saturated rings. The van der Waals surface area contributed by atoms with Crippen LogP contribution in [0.2, 0.25) is 0 Å². The molecule has 0 amide bonds. The van der Waals surface area contributed by atoms with Gasteiger partial charge in [0.25, 0.3) is 0 Å². The van der Waals surface area contributed by atoms with E-state index in [9.17, 15) is 0 Å². The highest BCUT2D eigenvalue weighted by Gasteiger charge is 2.41. The minimum Gasteiger partial charge on any atom is -0.316 e. The second-order valence-corrected chi connectivity index (χ2v) is 6.46. The molecule has 1 N–H and O–H groups in total. The van der Waals surface area contributed by atoms with Gasteiger partial charge in [0.2, 0.25) is 0 Å². The van der Waals surface area contributed by atoms with Crippen LogP contribution in [0.5, 0.6) is 0 Å². The Morgan fingerprint density at radius 2 is 1.88 bits per heavy atom. The number of hydrogen-bond donors (Lipinski definition) is 1. The zero-order valence-electron chi connectivity index (χ0n) is 12.7. The highest BCUT2D eigenvalue weighted by atomic mass is 15.1. The number of hydrogen-bond acceptors (Lipinski definition) is 2. The first-order valence-corrected chi connectivity index (χ1v) is 7.33. The molecule has 0 aromatic rings. The Labute approximate surface area is 108 Å². The molecule has 1 saturated carbocycles. The predicted molar refractivity (Wildman–Crippen MR) is 76.4 cm³/mol. The Morgan fingerprint density at radius 1 is 1.29 bits per heavy atom. The van der Waals surface area contributed by atoms with Crippen molar-refractivity contribution in [1.82, 2.24) is 10.2 Å². The molecule has 0 aliphatic heterocycles. The Hall–Kier alpha value is -0.0800. The monoisotopic (exact) mass is 240 g/mol. The van der Waals surface area contributed by atoms with E-state index in [1.54, 1.807) is 0 Å². The van der Waals surface area contributed by atoms with Crippen LogP contribution < -0.4 is 5.32 Å². The molecular weight excluding hydrogens is 208 g/mol. The van der Waals surface area contributed by atoms with Gasteiger partial charge in [0.1, 0.15) is 0 Å². The number of nitrogens with one attached hydrogen (secondary N) is 1. The van der Waals surface area contributed by atoms with Crippen molar-refractivity contribution in [1.29, 1.82) is 0 Å². The molecule has 2 nitrogen and oxygen atoms in total. The average Bonchev–Trinajstić information content (AvgIpc) is 2.55. The summed E-state index contributed by atoms with van der Waals surface area (Å²) >= 11 is 0. The van der Waals surface area contributed by atoms with Crippen LogP contribution in [-0.2, 0) is 0 Å². The van der Waals surface area contributed by atoms with Gasteiger partial charge < -0.3 is 10.2 Å². The maximum Gasteiger partial charge on any atom is 0.0156 e. The lowest BCUT2D eigenvalue weighted by Crippen LogP contribution is -2.45. The fourth-order valence-corrected chi connectivity index (χ4v) is 3.77. The summed E-state index contributed by atoms with van der Waals surface area (Å²) in [5, 5.41) is 3.56. The quantitative estimate of drug-likeness (QED) is 0.767. The summed E-state index contributed by atoms with van der Waals surface area (Å²) in [5.41, 5.74) is 0.466. The van der Waals surface area contributed by atoms with Gasteiger partial charge in [-0.15, -0.1) is 0 Å². The van der Waals surface area contributed by atoms with Crippen molar-refractivity contribution in [3.8, 4) is 0 Å². The standard InChI is InChI=1S/C15H32N2/c1-7-13(8-2)17(6)11-12-9-10-15(3,4)14(12)16-5/h12-14,16H,7-11H2,1-6H3. The van der Waals surface area contributed by atoms with Crippen molar-refractivity contribution < 1.29 is 0 Å². The largest absolute Gasteiger partial charge is 0.316 e. The van der Waals surface area contributed by atoms with Gasteiger partial charge >= 0.3 is 0 Å². The lowest BCUT2D eigenvalue weighted by atomic mass is 9.84. The SMILES string of the molecule is CCC(CC)N(C)CC1CCC(C)(C)C1NC. The maximum atomic E-state index is 3.56. The van der Waals surface area contributed by atoms with Gasteiger partial charge in [-0.2, -0.15) is 0 Å². The average molecular weight is 240 g/mol. The third-order valence-electron chi connectivity index (χ3n) is 4.87. The van der Waals surface area contributed by atoms with Crippen LogP contribution >= 0.6 is 0 Å². The van der Waals surface area contributed by atoms with Crippen LogP contribution in [0.4, 0.5) is 0 Å². The zero-order chi connectivity index (χ0) is 13.1. The third kappa shape index (κ3) is 3.45. The molecule has 2 atom stereocenters. The van der Waals surface area contributed by atoms with E-state index >= 15 is 0 Å². The highest BCUT2D eigenvalue weighted by molar-refractivity contribution is 4.96. The highest BCUT2D eigenvalue weighted by Crippen LogP contribution is 2.41. The summed E-state index contributed by atoms with van der Waals surface area (Å²) in [6.45, 7) is 10.7. The summed E-state index contributed by atoms with van der Waals surface area (Å²) in [5.74, 6) is 0.820. The molecular formula is C15H32N2. The molecule has 102 valence electrons. The second kappa shape index (κ2) is 6.19. The van der Waals surface area contributed by atoms with Crippen molar-refractivity contribution in [2.24, 2.45) is 11.3 Å². The molecule has 17 heavy (non-hydrogen) atoms. The second-order valence-electron chi connectivity index (χ2n) is 6.46. The molecule has 2 heteroatoms. The zero-order valence-corrected chi connectivity index (χ0v) is 12.7. The Kier molecular flexibility index (Phi) is 5.46. The van der Waals surface area contributed by atoms with Crippen LogP contribution in [0, 0.1) is 11.3 Å². The van der Waals surface area contributed by atoms with E-state index in [1.807, 2.05) is 0 Å². The maximum absolute atomic E-state index is 3.56. The first kappa shape index (κ1) is 15.0. The minimum atomic E-state index is 0.466. The summed E-state index contributed by atoms with van der Waals surface area (Å²) in [7, 11) is 4.43. The van der Waals surface area contributed by atoms with Crippen molar-refractivity contribution in [2.45, 2.75) is 65.5 Å². The molecule has 0 bridgehead atoms. The van der Waals surface area contributed by atoms with Crippen LogP contribution in [0.25, 0.3) is 0 Å². The van der Waals surface area contributed by atoms with E-state index < -0.39 is 0 Å². The van der Waals surface area contributed by atoms with E-state index in [0.717, 1.165) is 12.0 Å². The minimum absolute atomic E-state index is 0.466. The van der Waals surface area contributed by atoms with Gasteiger partial charge in [0.15, 0.2) is 0 Å². The van der Waals surface area contributed by atoms with Gasteiger partial charge in [-0.05, 0) is 51.1 Å². The van der Waals surface area contributed by atoms with Crippen molar-refractivity contribution in [3.05, 3.63) is 0 Å². The van der Waals surface area contributed by atoms with Crippen molar-refractivity contribution >= 4 is 0 Å². The summed E-state index contributed by atoms with van der Waals surface area (Å²) in [6, 6.07) is 1.44. The van der Waals surface area contributed by atoms with Crippen molar-refractivity contribution in [3.63, 3.8) is 0 Å². The smallest absolute Gasteiger partial charge is 0.0156 e. The number of rotatable bonds is 6. The van der Waals surface area contributed by atoms with Crippen LogP contribution in [-0.4, -0.2) is 37.6 Å². The van der Waals surface area contributed by atoms with E-state index in [1.165, 1.54) is 32.2 Å². The third-order valence-corrected chi connectivity index (χ3v) is 4.87. The molecule has 1 aliphatic rings. The lowest BCUT2D eigenvalue weighted by Gasteiger charge is -2.34. The molecule has 1 aliphatic carbocycles. The fourth-order valence-electron chi connectivity index (χ4n) is 3.77. The first-order chi connectivity index (χ1) is 7.96. The van der Waals surface area contributed by atoms with E-state index in [2.05, 4.69) is 52.0 Å². The summed E-state index contributed by atoms with van der Waals surface area (Å²) < 4.78 is 0. The molecule has 0 heterocycles. The molecule has 0 spiro atoms. The van der Waals surface area contributed by atoms with Gasteiger partial charge in [0.05, 0.1) is 0 Å². The van der Waals surface area contributed by atoms with E-state index in [0.29, 0.717) is 11.5 Å². The first-order valence-electron chi connectivity index (χ1n) is 7.33.